The molecule has 2 aromatic carbocycles. The minimum absolute atomic E-state index is 0.0178. The fraction of sp³-hybridized carbons (Fsp3) is 0.130. The second kappa shape index (κ2) is 7.35. The number of carbonyl (C=O) groups is 2. The van der Waals surface area contributed by atoms with Crippen LogP contribution in [0, 0.1) is 0 Å². The van der Waals surface area contributed by atoms with E-state index in [0.717, 1.165) is 15.8 Å². The van der Waals surface area contributed by atoms with Gasteiger partial charge in [-0.1, -0.05) is 53.8 Å². The Balaban J connectivity index is 1.43. The number of ketones is 1. The molecule has 2 N–H and O–H groups in total. The number of aromatic nitrogens is 2. The van der Waals surface area contributed by atoms with Gasteiger partial charge in [0.2, 0.25) is 0 Å². The third-order valence-electron chi connectivity index (χ3n) is 5.34. The lowest BCUT2D eigenvalue weighted by molar-refractivity contribution is 0.0963. The molecule has 7 heteroatoms. The maximum atomic E-state index is 12.8. The van der Waals surface area contributed by atoms with Crippen LogP contribution in [0.25, 0.3) is 10.2 Å². The van der Waals surface area contributed by atoms with E-state index in [1.807, 2.05) is 54.6 Å². The summed E-state index contributed by atoms with van der Waals surface area (Å²) in [5.74, 6) is -0.629. The SMILES string of the molecule is O=C1C[C@@H](c2ccccc2)Cc2[nH]c(=O)c(C(=O)Nc3nc4ccccc4s3)cc21. The Labute approximate surface area is 175 Å². The maximum Gasteiger partial charge on any atom is 0.263 e. The van der Waals surface area contributed by atoms with Crippen molar-refractivity contribution in [2.24, 2.45) is 0 Å². The highest BCUT2D eigenvalue weighted by Gasteiger charge is 2.29. The molecule has 0 saturated heterocycles. The van der Waals surface area contributed by atoms with E-state index >= 15 is 0 Å². The number of thiazole rings is 1. The van der Waals surface area contributed by atoms with Crippen molar-refractivity contribution in [2.75, 3.05) is 5.32 Å². The van der Waals surface area contributed by atoms with Gasteiger partial charge in [0, 0.05) is 17.7 Å². The smallest absolute Gasteiger partial charge is 0.263 e. The van der Waals surface area contributed by atoms with Crippen molar-refractivity contribution >= 4 is 38.4 Å². The maximum absolute atomic E-state index is 12.8. The summed E-state index contributed by atoms with van der Waals surface area (Å²) in [4.78, 5) is 45.2. The van der Waals surface area contributed by atoms with Crippen LogP contribution in [-0.4, -0.2) is 21.7 Å². The van der Waals surface area contributed by atoms with E-state index in [1.54, 1.807) is 0 Å². The first-order chi connectivity index (χ1) is 14.6. The summed E-state index contributed by atoms with van der Waals surface area (Å²) >= 11 is 1.33. The molecule has 1 aliphatic carbocycles. The minimum atomic E-state index is -0.573. The van der Waals surface area contributed by atoms with Crippen molar-refractivity contribution in [1.82, 2.24) is 9.97 Å². The average Bonchev–Trinajstić information content (AvgIpc) is 3.16. The van der Waals surface area contributed by atoms with Crippen LogP contribution in [0.2, 0.25) is 0 Å². The number of Topliss-reactive ketones (excluding diaryl/α,β-unsaturated/α-hetero) is 1. The standard InChI is InChI=1S/C23H17N3O3S/c27-19-11-14(13-6-2-1-3-7-13)10-18-15(19)12-16(21(28)24-18)22(29)26-23-25-17-8-4-5-9-20(17)30-23/h1-9,12,14H,10-11H2,(H,24,28)(H,25,26,29)/t14-/m0/s1. The molecule has 0 unspecified atom stereocenters. The molecule has 0 spiro atoms. The number of pyridine rings is 1. The number of aromatic amines is 1. The third kappa shape index (κ3) is 3.33. The van der Waals surface area contributed by atoms with Crippen molar-refractivity contribution in [1.29, 1.82) is 0 Å². The van der Waals surface area contributed by atoms with Crippen LogP contribution in [0.5, 0.6) is 0 Å². The number of H-pyrrole nitrogens is 1. The number of fused-ring (bicyclic) bond motifs is 2. The molecule has 148 valence electrons. The van der Waals surface area contributed by atoms with Gasteiger partial charge in [-0.05, 0) is 36.1 Å². The van der Waals surface area contributed by atoms with Gasteiger partial charge in [-0.3, -0.25) is 19.7 Å². The van der Waals surface area contributed by atoms with E-state index in [9.17, 15) is 14.4 Å². The van der Waals surface area contributed by atoms with Crippen LogP contribution in [0.1, 0.15) is 44.3 Å². The van der Waals surface area contributed by atoms with Gasteiger partial charge in [-0.15, -0.1) is 0 Å². The van der Waals surface area contributed by atoms with Crippen LogP contribution >= 0.6 is 11.3 Å². The summed E-state index contributed by atoms with van der Waals surface area (Å²) in [5, 5.41) is 3.09. The molecule has 0 bridgehead atoms. The highest BCUT2D eigenvalue weighted by molar-refractivity contribution is 7.22. The van der Waals surface area contributed by atoms with Gasteiger partial charge in [0.25, 0.3) is 11.5 Å². The number of rotatable bonds is 3. The van der Waals surface area contributed by atoms with Gasteiger partial charge in [0.15, 0.2) is 10.9 Å². The predicted molar refractivity (Wildman–Crippen MR) is 116 cm³/mol. The highest BCUT2D eigenvalue weighted by Crippen LogP contribution is 2.31. The Morgan fingerprint density at radius 3 is 2.60 bits per heavy atom. The number of carbonyl (C=O) groups excluding carboxylic acids is 2. The molecule has 0 fully saturated rings. The van der Waals surface area contributed by atoms with Crippen LogP contribution in [0.15, 0.2) is 65.5 Å². The summed E-state index contributed by atoms with van der Waals surface area (Å²) in [7, 11) is 0. The lowest BCUT2D eigenvalue weighted by Gasteiger charge is -2.24. The predicted octanol–water partition coefficient (Wildman–Crippen LogP) is 4.15. The molecular formula is C23H17N3O3S. The molecule has 4 aromatic rings. The number of para-hydroxylation sites is 1. The van der Waals surface area contributed by atoms with E-state index in [4.69, 9.17) is 0 Å². The molecule has 0 saturated carbocycles. The largest absolute Gasteiger partial charge is 0.325 e. The molecule has 2 heterocycles. The molecule has 5 rings (SSSR count). The van der Waals surface area contributed by atoms with Crippen LogP contribution in [0.3, 0.4) is 0 Å². The van der Waals surface area contributed by atoms with Crippen LogP contribution in [-0.2, 0) is 6.42 Å². The van der Waals surface area contributed by atoms with Gasteiger partial charge in [0.05, 0.1) is 10.2 Å². The second-order valence-corrected chi connectivity index (χ2v) is 8.31. The van der Waals surface area contributed by atoms with E-state index in [2.05, 4.69) is 15.3 Å². The van der Waals surface area contributed by atoms with Crippen LogP contribution in [0.4, 0.5) is 5.13 Å². The number of hydrogen-bond donors (Lipinski definition) is 2. The van der Waals surface area contributed by atoms with Gasteiger partial charge >= 0.3 is 0 Å². The zero-order valence-corrected chi connectivity index (χ0v) is 16.7. The first kappa shape index (κ1) is 18.4. The van der Waals surface area contributed by atoms with Crippen molar-refractivity contribution in [3.8, 4) is 0 Å². The summed E-state index contributed by atoms with van der Waals surface area (Å²) < 4.78 is 0.939. The van der Waals surface area contributed by atoms with Gasteiger partial charge in [-0.2, -0.15) is 0 Å². The van der Waals surface area contributed by atoms with Crippen molar-refractivity contribution < 1.29 is 9.59 Å². The second-order valence-electron chi connectivity index (χ2n) is 7.28. The molecule has 1 atom stereocenters. The quantitative estimate of drug-likeness (QED) is 0.526. The molecule has 6 nitrogen and oxygen atoms in total. The van der Waals surface area contributed by atoms with E-state index in [-0.39, 0.29) is 17.3 Å². The molecule has 0 aliphatic heterocycles. The Morgan fingerprint density at radius 1 is 1.03 bits per heavy atom. The highest BCUT2D eigenvalue weighted by atomic mass is 32.1. The summed E-state index contributed by atoms with van der Waals surface area (Å²) in [6.07, 6.45) is 0.905. The molecule has 30 heavy (non-hydrogen) atoms. The molecular weight excluding hydrogens is 398 g/mol. The lowest BCUT2D eigenvalue weighted by atomic mass is 9.81. The molecule has 1 amide bonds. The lowest BCUT2D eigenvalue weighted by Crippen LogP contribution is -2.29. The van der Waals surface area contributed by atoms with E-state index in [1.165, 1.54) is 17.4 Å². The Hall–Kier alpha value is -3.58. The first-order valence-electron chi connectivity index (χ1n) is 9.60. The van der Waals surface area contributed by atoms with Gasteiger partial charge < -0.3 is 4.98 Å². The number of amides is 1. The van der Waals surface area contributed by atoms with Crippen LogP contribution < -0.4 is 10.9 Å². The number of nitrogens with one attached hydrogen (secondary N) is 2. The van der Waals surface area contributed by atoms with Gasteiger partial charge in [0.1, 0.15) is 5.56 Å². The fourth-order valence-electron chi connectivity index (χ4n) is 3.85. The fourth-order valence-corrected chi connectivity index (χ4v) is 4.71. The monoisotopic (exact) mass is 415 g/mol. The Bertz CT molecular complexity index is 1310. The van der Waals surface area contributed by atoms with Gasteiger partial charge in [-0.25, -0.2) is 4.98 Å². The van der Waals surface area contributed by atoms with E-state index in [0.29, 0.717) is 29.2 Å². The Morgan fingerprint density at radius 2 is 1.80 bits per heavy atom. The molecule has 2 aromatic heterocycles. The van der Waals surface area contributed by atoms with Crippen molar-refractivity contribution in [2.45, 2.75) is 18.8 Å². The van der Waals surface area contributed by atoms with Crippen molar-refractivity contribution in [3.63, 3.8) is 0 Å². The normalized spacial score (nSPS) is 15.7. The molecule has 0 radical (unpaired) electrons. The van der Waals surface area contributed by atoms with Crippen molar-refractivity contribution in [3.05, 3.63) is 93.4 Å². The number of anilines is 1. The van der Waals surface area contributed by atoms with E-state index < -0.39 is 11.5 Å². The zero-order chi connectivity index (χ0) is 20.7. The Kier molecular flexibility index (Phi) is 4.52. The topological polar surface area (TPSA) is 91.9 Å². The first-order valence-corrected chi connectivity index (χ1v) is 10.4. The average molecular weight is 415 g/mol. The summed E-state index contributed by atoms with van der Waals surface area (Å²) in [6, 6.07) is 18.7. The summed E-state index contributed by atoms with van der Waals surface area (Å²) in [5.41, 5.74) is 2.25. The molecule has 1 aliphatic rings. The third-order valence-corrected chi connectivity index (χ3v) is 6.29. The number of nitrogens with zero attached hydrogens (tertiary/aromatic N) is 1. The summed E-state index contributed by atoms with van der Waals surface area (Å²) in [6.45, 7) is 0. The number of benzene rings is 2. The number of hydrogen-bond acceptors (Lipinski definition) is 5. The minimum Gasteiger partial charge on any atom is -0.325 e. The zero-order valence-electron chi connectivity index (χ0n) is 15.8.